The van der Waals surface area contributed by atoms with Crippen molar-refractivity contribution >= 4 is 29.6 Å². The zero-order valence-electron chi connectivity index (χ0n) is 4.46. The van der Waals surface area contributed by atoms with Crippen molar-refractivity contribution in [2.45, 2.75) is 6.10 Å². The molecule has 0 aromatic carbocycles. The first-order valence-corrected chi connectivity index (χ1v) is 1.80. The van der Waals surface area contributed by atoms with E-state index in [-0.39, 0.29) is 42.7 Å². The molecule has 1 radical (unpaired) electrons. The van der Waals surface area contributed by atoms with Crippen molar-refractivity contribution in [1.29, 1.82) is 0 Å². The van der Waals surface area contributed by atoms with Crippen LogP contribution in [0.1, 0.15) is 0 Å². The summed E-state index contributed by atoms with van der Waals surface area (Å²) in [6, 6.07) is 0. The van der Waals surface area contributed by atoms with Gasteiger partial charge in [0.25, 0.3) is 0 Å². The minimum absolute atomic E-state index is 0. The van der Waals surface area contributed by atoms with E-state index in [9.17, 15) is 0 Å². The third kappa shape index (κ3) is 6.88. The van der Waals surface area contributed by atoms with Crippen LogP contribution in [0.3, 0.4) is 0 Å². The van der Waals surface area contributed by atoms with Gasteiger partial charge < -0.3 is 15.9 Å². The first kappa shape index (κ1) is 10.8. The van der Waals surface area contributed by atoms with Crippen LogP contribution in [0.5, 0.6) is 0 Å². The molecule has 0 aromatic heterocycles. The first-order valence-electron chi connectivity index (χ1n) is 1.80. The molecule has 39 valence electrons. The summed E-state index contributed by atoms with van der Waals surface area (Å²) in [5.41, 5.74) is 4.87. The van der Waals surface area contributed by atoms with E-state index in [4.69, 9.17) is 15.9 Å². The Morgan fingerprint density at radius 1 is 1.57 bits per heavy atom. The number of aliphatic hydroxyl groups excluding tert-OH is 2. The van der Waals surface area contributed by atoms with Gasteiger partial charge in [0, 0.05) is 36.1 Å². The number of rotatable bonds is 2. The molecule has 0 aromatic rings. The van der Waals surface area contributed by atoms with Crippen molar-refractivity contribution in [2.24, 2.45) is 5.73 Å². The second-order valence-corrected chi connectivity index (χ2v) is 1.07. The van der Waals surface area contributed by atoms with Crippen LogP contribution in [-0.2, 0) is 0 Å². The second-order valence-electron chi connectivity index (χ2n) is 1.07. The molecule has 0 aliphatic carbocycles. The summed E-state index contributed by atoms with van der Waals surface area (Å²) in [6.07, 6.45) is -0.731. The second kappa shape index (κ2) is 6.88. The number of aliphatic hydroxyl groups is 2. The smallest absolute Gasteiger partial charge is 0.0892 e. The summed E-state index contributed by atoms with van der Waals surface area (Å²) in [4.78, 5) is 0. The summed E-state index contributed by atoms with van der Waals surface area (Å²) in [6.45, 7) is -0.104. The molecule has 0 aliphatic rings. The molecule has 0 rings (SSSR count). The molecule has 4 heteroatoms. The monoisotopic (exact) mass is 114 g/mol. The number of nitrogens with two attached hydrogens (primary N) is 1. The number of hydrogen-bond donors (Lipinski definition) is 3. The third-order valence-corrected chi connectivity index (χ3v) is 0.483. The predicted octanol–water partition coefficient (Wildman–Crippen LogP) is -2.08. The minimum atomic E-state index is -0.731. The van der Waals surface area contributed by atoms with Crippen molar-refractivity contribution in [1.82, 2.24) is 0 Å². The van der Waals surface area contributed by atoms with Gasteiger partial charge in [-0.1, -0.05) is 0 Å². The summed E-state index contributed by atoms with van der Waals surface area (Å²) in [5, 5.41) is 16.3. The van der Waals surface area contributed by atoms with Crippen LogP contribution < -0.4 is 5.73 Å². The van der Waals surface area contributed by atoms with Crippen LogP contribution in [0.2, 0.25) is 0 Å². The van der Waals surface area contributed by atoms with E-state index in [1.807, 2.05) is 0 Å². The topological polar surface area (TPSA) is 66.5 Å². The molecule has 7 heavy (non-hydrogen) atoms. The molecule has 0 fully saturated rings. The van der Waals surface area contributed by atoms with E-state index in [1.54, 1.807) is 0 Å². The Kier molecular flexibility index (Phi) is 10.6. The average molecular weight is 114 g/mol. The number of hydrogen-bond acceptors (Lipinski definition) is 3. The Labute approximate surface area is 64.8 Å². The Morgan fingerprint density at radius 3 is 2.00 bits per heavy atom. The molecule has 3 nitrogen and oxygen atoms in total. The van der Waals surface area contributed by atoms with Gasteiger partial charge in [0.05, 0.1) is 12.7 Å². The molecule has 0 bridgehead atoms. The molecule has 1 atom stereocenters. The molecule has 0 saturated carbocycles. The fourth-order valence-corrected chi connectivity index (χ4v) is 0.0745. The van der Waals surface area contributed by atoms with Gasteiger partial charge in [0.2, 0.25) is 0 Å². The van der Waals surface area contributed by atoms with Gasteiger partial charge in [-0.15, -0.1) is 0 Å². The molecule has 1 unspecified atom stereocenters. The Balaban J connectivity index is 0. The molecular formula is C3H9NNaO2. The van der Waals surface area contributed by atoms with Crippen LogP contribution in [0.4, 0.5) is 0 Å². The maximum atomic E-state index is 8.29. The van der Waals surface area contributed by atoms with Gasteiger partial charge in [-0.2, -0.15) is 0 Å². The Hall–Kier alpha value is 0.880. The summed E-state index contributed by atoms with van der Waals surface area (Å²) in [5.74, 6) is 0. The standard InChI is InChI=1S/C3H9NO2.Na/c4-1-3(6)2-5;/h3,5-6H,1-2,4H2;. The normalized spacial score (nSPS) is 12.4. The molecule has 0 amide bonds. The van der Waals surface area contributed by atoms with Gasteiger partial charge in [-0.25, -0.2) is 0 Å². The van der Waals surface area contributed by atoms with E-state index in [2.05, 4.69) is 0 Å². The molecule has 0 saturated heterocycles. The Bertz CT molecular complexity index is 32.1. The van der Waals surface area contributed by atoms with Gasteiger partial charge in [0.15, 0.2) is 0 Å². The summed E-state index contributed by atoms with van der Waals surface area (Å²) in [7, 11) is 0. The molecule has 4 N–H and O–H groups in total. The maximum Gasteiger partial charge on any atom is 0.0892 e. The largest absolute Gasteiger partial charge is 0.394 e. The first-order chi connectivity index (χ1) is 2.81. The molecule has 0 spiro atoms. The maximum absolute atomic E-state index is 8.29. The van der Waals surface area contributed by atoms with E-state index >= 15 is 0 Å². The molecule has 0 heterocycles. The fraction of sp³-hybridized carbons (Fsp3) is 1.00. The fourth-order valence-electron chi connectivity index (χ4n) is 0.0745. The van der Waals surface area contributed by atoms with E-state index in [1.165, 1.54) is 0 Å². The zero-order valence-corrected chi connectivity index (χ0v) is 6.46. The third-order valence-electron chi connectivity index (χ3n) is 0.483. The van der Waals surface area contributed by atoms with E-state index in [0.29, 0.717) is 0 Å². The minimum Gasteiger partial charge on any atom is -0.394 e. The predicted molar refractivity (Wildman–Crippen MR) is 27.9 cm³/mol. The van der Waals surface area contributed by atoms with E-state index in [0.717, 1.165) is 0 Å². The average Bonchev–Trinajstić information content (AvgIpc) is 1.65. The van der Waals surface area contributed by atoms with E-state index < -0.39 is 6.10 Å². The van der Waals surface area contributed by atoms with Crippen LogP contribution in [0.15, 0.2) is 0 Å². The van der Waals surface area contributed by atoms with Crippen LogP contribution in [0, 0.1) is 0 Å². The molecular weight excluding hydrogens is 105 g/mol. The van der Waals surface area contributed by atoms with Crippen molar-refractivity contribution in [3.05, 3.63) is 0 Å². The summed E-state index contributed by atoms with van der Waals surface area (Å²) >= 11 is 0. The van der Waals surface area contributed by atoms with Crippen molar-refractivity contribution in [3.63, 3.8) is 0 Å². The quantitative estimate of drug-likeness (QED) is 0.361. The molecule has 0 aliphatic heterocycles. The van der Waals surface area contributed by atoms with Crippen molar-refractivity contribution < 1.29 is 10.2 Å². The zero-order chi connectivity index (χ0) is 4.99. The van der Waals surface area contributed by atoms with Gasteiger partial charge in [0.1, 0.15) is 0 Å². The Morgan fingerprint density at radius 2 is 2.00 bits per heavy atom. The van der Waals surface area contributed by atoms with Crippen LogP contribution in [0.25, 0.3) is 0 Å². The van der Waals surface area contributed by atoms with Crippen molar-refractivity contribution in [2.75, 3.05) is 13.2 Å². The summed E-state index contributed by atoms with van der Waals surface area (Å²) < 4.78 is 0. The van der Waals surface area contributed by atoms with Crippen LogP contribution >= 0.6 is 0 Å². The van der Waals surface area contributed by atoms with Gasteiger partial charge in [-0.05, 0) is 0 Å². The van der Waals surface area contributed by atoms with Crippen LogP contribution in [-0.4, -0.2) is 59.0 Å². The van der Waals surface area contributed by atoms with Crippen molar-refractivity contribution in [3.8, 4) is 0 Å². The SMILES string of the molecule is NCC(O)CO.[Na]. The van der Waals surface area contributed by atoms with Gasteiger partial charge in [-0.3, -0.25) is 0 Å². The van der Waals surface area contributed by atoms with Gasteiger partial charge >= 0.3 is 0 Å².